The zero-order chi connectivity index (χ0) is 25.7. The first kappa shape index (κ1) is 56.6. The van der Waals surface area contributed by atoms with Crippen LogP contribution >= 0.6 is 33.0 Å². The summed E-state index contributed by atoms with van der Waals surface area (Å²) < 4.78 is 43.3. The summed E-state index contributed by atoms with van der Waals surface area (Å²) in [5.74, 6) is 0. The van der Waals surface area contributed by atoms with E-state index in [1.165, 1.54) is 83.5 Å². The van der Waals surface area contributed by atoms with Gasteiger partial charge >= 0.3 is 151 Å². The van der Waals surface area contributed by atoms with Crippen molar-refractivity contribution in [3.63, 3.8) is 0 Å². The van der Waals surface area contributed by atoms with Crippen molar-refractivity contribution < 1.29 is 170 Å². The van der Waals surface area contributed by atoms with Crippen LogP contribution in [0.3, 0.4) is 0 Å². The maximum atomic E-state index is 9.24. The van der Waals surface area contributed by atoms with Crippen LogP contribution in [0.1, 0.15) is 96.8 Å². The van der Waals surface area contributed by atoms with E-state index in [4.69, 9.17) is 5.11 Å². The Labute approximate surface area is 314 Å². The third kappa shape index (κ3) is 73.6. The van der Waals surface area contributed by atoms with Gasteiger partial charge in [0.15, 0.2) is 0 Å². The van der Waals surface area contributed by atoms with E-state index in [9.17, 15) is 37.8 Å². The van der Waals surface area contributed by atoms with Gasteiger partial charge in [0, 0.05) is 0 Å². The summed E-state index contributed by atoms with van der Waals surface area (Å²) in [6.45, 7) is 2.47. The van der Waals surface area contributed by atoms with Gasteiger partial charge in [-0.15, -0.1) is 0 Å². The molecule has 0 radical (unpaired) electrons. The second kappa shape index (κ2) is 49.5. The molecular formula is C18H36Na4O11P4+4. The second-order valence-electron chi connectivity index (χ2n) is 6.74. The molecule has 0 aromatic carbocycles. The maximum absolute atomic E-state index is 9.24. The molecule has 0 bridgehead atoms. The van der Waals surface area contributed by atoms with Gasteiger partial charge in [0.05, 0.1) is 6.61 Å². The molecule has 0 saturated carbocycles. The standard InChI is InChI=1S/C18H36O.4Na.2O5P2/c1-2-3-4-5-6-7-8-9-10-11-12-13-14-15-16-17-18-19;;;;;2*1-6(2)5-7(3)4/h16-17,19H,2-15,18H2,1H3;;;;;;/q;4*+1;;. The van der Waals surface area contributed by atoms with Gasteiger partial charge < -0.3 is 24.7 Å². The summed E-state index contributed by atoms with van der Waals surface area (Å²) >= 11 is 0. The summed E-state index contributed by atoms with van der Waals surface area (Å²) in [5.41, 5.74) is 0. The third-order valence-electron chi connectivity index (χ3n) is 4.01. The Bertz CT molecular complexity index is 502. The molecule has 0 aromatic heterocycles. The van der Waals surface area contributed by atoms with Gasteiger partial charge in [-0.05, 0) is 31.1 Å². The monoisotopic (exact) mass is 644 g/mol. The molecule has 19 heteroatoms. The van der Waals surface area contributed by atoms with Gasteiger partial charge in [0.25, 0.3) is 0 Å². The molecule has 0 amide bonds. The summed E-state index contributed by atoms with van der Waals surface area (Å²) in [5, 5.41) is 8.58. The summed E-state index contributed by atoms with van der Waals surface area (Å²) in [6, 6.07) is 0. The van der Waals surface area contributed by atoms with Crippen LogP contribution in [0.5, 0.6) is 0 Å². The van der Waals surface area contributed by atoms with Crippen LogP contribution in [0.15, 0.2) is 12.2 Å². The fourth-order valence-electron chi connectivity index (χ4n) is 2.58. The van der Waals surface area contributed by atoms with E-state index in [0.717, 1.165) is 6.42 Å². The SMILES string of the molecule is CCCCCCCCCCCCCCCC=CCO.O=[P+]([O-])O[P+](=O)[O-].O=[P+]([O-])O[P+](=O)[O-].[Na+].[Na+].[Na+].[Na+]. The molecule has 0 aliphatic heterocycles. The Morgan fingerprint density at radius 3 is 1.03 bits per heavy atom. The van der Waals surface area contributed by atoms with Crippen molar-refractivity contribution in [3.8, 4) is 0 Å². The minimum Gasteiger partial charge on any atom is -0.563 e. The molecule has 4 unspecified atom stereocenters. The van der Waals surface area contributed by atoms with Crippen LogP contribution in [0.4, 0.5) is 0 Å². The number of hydrogen-bond acceptors (Lipinski definition) is 11. The zero-order valence-corrected chi connectivity index (χ0v) is 34.7. The first-order valence-electron chi connectivity index (χ1n) is 10.9. The Morgan fingerprint density at radius 1 is 0.541 bits per heavy atom. The number of rotatable bonds is 19. The molecule has 0 rings (SSSR count). The van der Waals surface area contributed by atoms with Crippen molar-refractivity contribution in [1.82, 2.24) is 0 Å². The van der Waals surface area contributed by atoms with Crippen molar-refractivity contribution in [2.24, 2.45) is 0 Å². The zero-order valence-electron chi connectivity index (χ0n) is 23.1. The molecule has 4 atom stereocenters. The topological polar surface area (TPSA) is 199 Å². The molecule has 0 heterocycles. The molecule has 0 aliphatic rings. The number of hydrogen-bond donors (Lipinski definition) is 1. The van der Waals surface area contributed by atoms with Crippen LogP contribution in [0, 0.1) is 0 Å². The van der Waals surface area contributed by atoms with Crippen molar-refractivity contribution in [1.29, 1.82) is 0 Å². The Hall–Kier alpha value is 3.86. The fraction of sp³-hybridized carbons (Fsp3) is 0.889. The van der Waals surface area contributed by atoms with Crippen molar-refractivity contribution in [2.75, 3.05) is 6.61 Å². The van der Waals surface area contributed by atoms with Gasteiger partial charge in [0.2, 0.25) is 0 Å². The van der Waals surface area contributed by atoms with E-state index in [-0.39, 0.29) is 125 Å². The third-order valence-corrected chi connectivity index (χ3v) is 6.15. The van der Waals surface area contributed by atoms with Gasteiger partial charge in [-0.1, -0.05) is 96.1 Å². The number of aliphatic hydroxyl groups excluding tert-OH is 1. The molecular weight excluding hydrogens is 608 g/mol. The predicted molar refractivity (Wildman–Crippen MR) is 119 cm³/mol. The van der Waals surface area contributed by atoms with Crippen LogP contribution in [0.2, 0.25) is 0 Å². The molecule has 0 saturated heterocycles. The minimum absolute atomic E-state index is 0. The van der Waals surface area contributed by atoms with Crippen LogP contribution in [-0.4, -0.2) is 11.7 Å². The van der Waals surface area contributed by atoms with Gasteiger partial charge in [-0.3, -0.25) is 0 Å². The summed E-state index contributed by atoms with van der Waals surface area (Å²) in [7, 11) is -12.9. The predicted octanol–water partition coefficient (Wildman–Crippen LogP) is -7.89. The number of unbranched alkanes of at least 4 members (excludes halogenated alkanes) is 13. The van der Waals surface area contributed by atoms with E-state index in [1.54, 1.807) is 0 Å². The Balaban J connectivity index is -0.0000000840. The first-order chi connectivity index (χ1) is 15.7. The van der Waals surface area contributed by atoms with E-state index in [1.807, 2.05) is 6.08 Å². The second-order valence-corrected chi connectivity index (χ2v) is 9.84. The summed E-state index contributed by atoms with van der Waals surface area (Å²) in [4.78, 5) is 37.0. The van der Waals surface area contributed by atoms with Gasteiger partial charge in [0.1, 0.15) is 8.62 Å². The van der Waals surface area contributed by atoms with Crippen LogP contribution < -0.4 is 138 Å². The molecule has 194 valence electrons. The minimum atomic E-state index is -3.24. The maximum Gasteiger partial charge on any atom is 1.00 e. The average Bonchev–Trinajstić information content (AvgIpc) is 2.70. The largest absolute Gasteiger partial charge is 1.00 e. The van der Waals surface area contributed by atoms with Crippen LogP contribution in [0.25, 0.3) is 0 Å². The first-order valence-corrected chi connectivity index (χ1v) is 15.2. The Morgan fingerprint density at radius 2 is 0.811 bits per heavy atom. The van der Waals surface area contributed by atoms with Crippen molar-refractivity contribution in [3.05, 3.63) is 12.2 Å². The Kier molecular flexibility index (Phi) is 75.8. The molecule has 37 heavy (non-hydrogen) atoms. The molecule has 0 fully saturated rings. The van der Waals surface area contributed by atoms with Crippen molar-refractivity contribution in [2.45, 2.75) is 96.8 Å². The van der Waals surface area contributed by atoms with Crippen molar-refractivity contribution >= 4 is 33.0 Å². The van der Waals surface area contributed by atoms with Gasteiger partial charge in [-0.2, -0.15) is 0 Å². The summed E-state index contributed by atoms with van der Waals surface area (Å²) in [6.07, 6.45) is 23.4. The molecule has 11 nitrogen and oxygen atoms in total. The fourth-order valence-corrected chi connectivity index (χ4v) is 3.45. The smallest absolute Gasteiger partial charge is 0.563 e. The molecule has 1 N–H and O–H groups in total. The van der Waals surface area contributed by atoms with Crippen LogP contribution in [-0.2, 0) is 26.9 Å². The molecule has 0 aliphatic carbocycles. The average molecular weight is 644 g/mol. The number of aliphatic hydroxyl groups is 1. The molecule has 0 spiro atoms. The van der Waals surface area contributed by atoms with E-state index in [0.29, 0.717) is 0 Å². The van der Waals surface area contributed by atoms with E-state index in [2.05, 4.69) is 21.6 Å². The van der Waals surface area contributed by atoms with E-state index >= 15 is 0 Å². The number of allylic oxidation sites excluding steroid dienone is 1. The normalized spacial score (nSPS) is 11.0. The van der Waals surface area contributed by atoms with Gasteiger partial charge in [-0.25, -0.2) is 0 Å². The van der Waals surface area contributed by atoms with E-state index < -0.39 is 33.0 Å². The quantitative estimate of drug-likeness (QED) is 0.0607. The molecule has 0 aromatic rings.